The Bertz CT molecular complexity index is 428. The van der Waals surface area contributed by atoms with E-state index in [4.69, 9.17) is 10.5 Å². The van der Waals surface area contributed by atoms with Gasteiger partial charge in [0.1, 0.15) is 5.75 Å². The maximum Gasteiger partial charge on any atom is 0.240 e. The van der Waals surface area contributed by atoms with E-state index in [9.17, 15) is 4.79 Å². The van der Waals surface area contributed by atoms with Crippen LogP contribution in [0.2, 0.25) is 0 Å². The number of amides is 1. The van der Waals surface area contributed by atoms with Crippen LogP contribution < -0.4 is 15.8 Å². The number of benzene rings is 1. The summed E-state index contributed by atoms with van der Waals surface area (Å²) in [5.41, 5.74) is 6.30. The van der Waals surface area contributed by atoms with Crippen molar-refractivity contribution in [1.82, 2.24) is 5.32 Å². The largest absolute Gasteiger partial charge is 0.497 e. The molecule has 0 unspecified atom stereocenters. The van der Waals surface area contributed by atoms with Gasteiger partial charge in [-0.2, -0.15) is 0 Å². The molecule has 3 N–H and O–H groups in total. The Hall–Kier alpha value is -1.55. The molecule has 1 atom stereocenters. The molecule has 0 aromatic heterocycles. The molecule has 1 amide bonds. The van der Waals surface area contributed by atoms with Crippen molar-refractivity contribution in [3.8, 4) is 5.75 Å². The first-order valence-corrected chi connectivity index (χ1v) is 6.70. The Kier molecular flexibility index (Phi) is 5.36. The molecule has 0 radical (unpaired) electrons. The minimum Gasteiger partial charge on any atom is -0.497 e. The fourth-order valence-corrected chi connectivity index (χ4v) is 1.91. The highest BCUT2D eigenvalue weighted by atomic mass is 16.5. The van der Waals surface area contributed by atoms with Crippen LogP contribution in [0.25, 0.3) is 0 Å². The van der Waals surface area contributed by atoms with Crippen LogP contribution in [0.5, 0.6) is 5.75 Å². The SMILES string of the molecule is CCC(N)(CC)C(=O)N[C@H](C)c1cccc(OC)c1. The van der Waals surface area contributed by atoms with Gasteiger partial charge in [-0.3, -0.25) is 4.79 Å². The zero-order chi connectivity index (χ0) is 14.5. The number of nitrogens with one attached hydrogen (secondary N) is 1. The number of ether oxygens (including phenoxy) is 1. The monoisotopic (exact) mass is 264 g/mol. The van der Waals surface area contributed by atoms with Crippen LogP contribution in [0.15, 0.2) is 24.3 Å². The van der Waals surface area contributed by atoms with Gasteiger partial charge in [-0.1, -0.05) is 26.0 Å². The summed E-state index contributed by atoms with van der Waals surface area (Å²) in [6.07, 6.45) is 1.25. The van der Waals surface area contributed by atoms with Crippen LogP contribution in [0.3, 0.4) is 0 Å². The Morgan fingerprint density at radius 2 is 2.05 bits per heavy atom. The van der Waals surface area contributed by atoms with Crippen LogP contribution in [-0.4, -0.2) is 18.6 Å². The summed E-state index contributed by atoms with van der Waals surface area (Å²) >= 11 is 0. The third kappa shape index (κ3) is 3.70. The van der Waals surface area contributed by atoms with Crippen LogP contribution in [0.4, 0.5) is 0 Å². The molecule has 1 aromatic rings. The van der Waals surface area contributed by atoms with Crippen molar-refractivity contribution in [3.05, 3.63) is 29.8 Å². The summed E-state index contributed by atoms with van der Waals surface area (Å²) in [5.74, 6) is 0.677. The molecule has 0 bridgehead atoms. The van der Waals surface area contributed by atoms with Crippen molar-refractivity contribution in [2.45, 2.75) is 45.2 Å². The summed E-state index contributed by atoms with van der Waals surface area (Å²) in [5, 5.41) is 2.97. The predicted octanol–water partition coefficient (Wildman–Crippen LogP) is 2.39. The van der Waals surface area contributed by atoms with Crippen molar-refractivity contribution < 1.29 is 9.53 Å². The zero-order valence-electron chi connectivity index (χ0n) is 12.2. The van der Waals surface area contributed by atoms with E-state index in [2.05, 4.69) is 5.32 Å². The maximum absolute atomic E-state index is 12.2. The highest BCUT2D eigenvalue weighted by molar-refractivity contribution is 5.86. The fourth-order valence-electron chi connectivity index (χ4n) is 1.91. The van der Waals surface area contributed by atoms with Crippen molar-refractivity contribution in [2.75, 3.05) is 7.11 Å². The van der Waals surface area contributed by atoms with E-state index in [-0.39, 0.29) is 11.9 Å². The van der Waals surface area contributed by atoms with Crippen molar-refractivity contribution >= 4 is 5.91 Å². The highest BCUT2D eigenvalue weighted by Crippen LogP contribution is 2.20. The lowest BCUT2D eigenvalue weighted by atomic mass is 9.92. The average Bonchev–Trinajstić information content (AvgIpc) is 2.46. The molecular weight excluding hydrogens is 240 g/mol. The molecule has 0 saturated carbocycles. The summed E-state index contributed by atoms with van der Waals surface area (Å²) in [4.78, 5) is 12.2. The minimum absolute atomic E-state index is 0.0939. The first-order chi connectivity index (χ1) is 8.96. The molecule has 1 aromatic carbocycles. The molecule has 0 aliphatic rings. The van der Waals surface area contributed by atoms with Gasteiger partial charge in [0.2, 0.25) is 5.91 Å². The van der Waals surface area contributed by atoms with Crippen LogP contribution in [-0.2, 0) is 4.79 Å². The van der Waals surface area contributed by atoms with Crippen molar-refractivity contribution in [2.24, 2.45) is 5.73 Å². The van der Waals surface area contributed by atoms with Gasteiger partial charge in [0, 0.05) is 0 Å². The summed E-state index contributed by atoms with van der Waals surface area (Å²) in [6, 6.07) is 7.57. The van der Waals surface area contributed by atoms with Gasteiger partial charge in [-0.15, -0.1) is 0 Å². The predicted molar refractivity (Wildman–Crippen MR) is 77.1 cm³/mol. The molecule has 0 spiro atoms. The van der Waals surface area contributed by atoms with E-state index in [1.54, 1.807) is 7.11 Å². The average molecular weight is 264 g/mol. The van der Waals surface area contributed by atoms with Gasteiger partial charge in [0.05, 0.1) is 18.7 Å². The van der Waals surface area contributed by atoms with Crippen LogP contribution in [0, 0.1) is 0 Å². The Morgan fingerprint density at radius 3 is 2.58 bits per heavy atom. The summed E-state index contributed by atoms with van der Waals surface area (Å²) in [6.45, 7) is 5.80. The number of nitrogens with two attached hydrogens (primary N) is 1. The van der Waals surface area contributed by atoms with Gasteiger partial charge in [-0.25, -0.2) is 0 Å². The third-order valence-corrected chi connectivity index (χ3v) is 3.66. The van der Waals surface area contributed by atoms with Crippen molar-refractivity contribution in [1.29, 1.82) is 0 Å². The van der Waals surface area contributed by atoms with Gasteiger partial charge >= 0.3 is 0 Å². The number of hydrogen-bond donors (Lipinski definition) is 2. The smallest absolute Gasteiger partial charge is 0.240 e. The molecule has 0 heterocycles. The molecule has 1 rings (SSSR count). The molecule has 4 nitrogen and oxygen atoms in total. The lowest BCUT2D eigenvalue weighted by Crippen LogP contribution is -2.53. The van der Waals surface area contributed by atoms with Gasteiger partial charge in [0.25, 0.3) is 0 Å². The molecule has 4 heteroatoms. The van der Waals surface area contributed by atoms with E-state index in [0.29, 0.717) is 12.8 Å². The lowest BCUT2D eigenvalue weighted by Gasteiger charge is -2.27. The number of rotatable bonds is 6. The van der Waals surface area contributed by atoms with Crippen LogP contribution >= 0.6 is 0 Å². The van der Waals surface area contributed by atoms with Crippen LogP contribution in [0.1, 0.15) is 45.2 Å². The standard InChI is InChI=1S/C15H24N2O2/c1-5-15(16,6-2)14(18)17-11(3)12-8-7-9-13(10-12)19-4/h7-11H,5-6,16H2,1-4H3,(H,17,18)/t11-/m1/s1. The lowest BCUT2D eigenvalue weighted by molar-refractivity contribution is -0.127. The molecule has 106 valence electrons. The first-order valence-electron chi connectivity index (χ1n) is 6.70. The number of hydrogen-bond acceptors (Lipinski definition) is 3. The fraction of sp³-hybridized carbons (Fsp3) is 0.533. The van der Waals surface area contributed by atoms with E-state index in [1.807, 2.05) is 45.0 Å². The molecular formula is C15H24N2O2. The minimum atomic E-state index is -0.785. The second kappa shape index (κ2) is 6.57. The summed E-state index contributed by atoms with van der Waals surface area (Å²) < 4.78 is 5.18. The van der Waals surface area contributed by atoms with E-state index in [1.165, 1.54) is 0 Å². The molecule has 0 fully saturated rings. The first kappa shape index (κ1) is 15.5. The van der Waals surface area contributed by atoms with E-state index >= 15 is 0 Å². The Morgan fingerprint density at radius 1 is 1.42 bits per heavy atom. The second-order valence-electron chi connectivity index (χ2n) is 4.84. The molecule has 0 aliphatic carbocycles. The quantitative estimate of drug-likeness (QED) is 0.829. The van der Waals surface area contributed by atoms with Gasteiger partial charge in [0.15, 0.2) is 0 Å². The number of carbonyl (C=O) groups excluding carboxylic acids is 1. The summed E-state index contributed by atoms with van der Waals surface area (Å²) in [7, 11) is 1.63. The number of methoxy groups -OCH3 is 1. The third-order valence-electron chi connectivity index (χ3n) is 3.66. The van der Waals surface area contributed by atoms with E-state index < -0.39 is 5.54 Å². The zero-order valence-corrected chi connectivity index (χ0v) is 12.2. The molecule has 19 heavy (non-hydrogen) atoms. The Labute approximate surface area is 115 Å². The van der Waals surface area contributed by atoms with Gasteiger partial charge < -0.3 is 15.8 Å². The second-order valence-corrected chi connectivity index (χ2v) is 4.84. The Balaban J connectivity index is 2.79. The highest BCUT2D eigenvalue weighted by Gasteiger charge is 2.30. The maximum atomic E-state index is 12.2. The molecule has 0 saturated heterocycles. The van der Waals surface area contributed by atoms with E-state index in [0.717, 1.165) is 11.3 Å². The van der Waals surface area contributed by atoms with Crippen molar-refractivity contribution in [3.63, 3.8) is 0 Å². The topological polar surface area (TPSA) is 64.4 Å². The van der Waals surface area contributed by atoms with Gasteiger partial charge in [-0.05, 0) is 37.5 Å². The normalized spacial score (nSPS) is 12.9. The molecule has 0 aliphatic heterocycles. The number of carbonyl (C=O) groups is 1.